The van der Waals surface area contributed by atoms with Gasteiger partial charge in [0.1, 0.15) is 12.4 Å². The van der Waals surface area contributed by atoms with Crippen LogP contribution in [0.15, 0.2) is 35.2 Å². The number of halogens is 3. The first kappa shape index (κ1) is 26.3. The Kier molecular flexibility index (Phi) is 9.20. The Balaban J connectivity index is 1.76. The maximum Gasteiger partial charge on any atom is 0.294 e. The van der Waals surface area contributed by atoms with Crippen molar-refractivity contribution in [3.05, 3.63) is 55.2 Å². The van der Waals surface area contributed by atoms with Crippen LogP contribution in [0.4, 0.5) is 14.9 Å². The topological polar surface area (TPSA) is 84.9 Å². The van der Waals surface area contributed by atoms with Crippen LogP contribution in [0.2, 0.25) is 5.02 Å². The van der Waals surface area contributed by atoms with Crippen LogP contribution in [0.5, 0.6) is 11.5 Å². The Morgan fingerprint density at radius 3 is 2.68 bits per heavy atom. The Morgan fingerprint density at radius 1 is 1.24 bits per heavy atom. The average molecular weight is 619 g/mol. The summed E-state index contributed by atoms with van der Waals surface area (Å²) < 4.78 is 25.6. The molecule has 2 aromatic carbocycles. The number of hydrogen-bond donors (Lipinski definition) is 1. The summed E-state index contributed by atoms with van der Waals surface area (Å²) in [6, 6.07) is 7.26. The zero-order chi connectivity index (χ0) is 24.8. The number of hydrogen-bond acceptors (Lipinski definition) is 6. The van der Waals surface area contributed by atoms with Crippen molar-refractivity contribution in [2.75, 3.05) is 25.1 Å². The van der Waals surface area contributed by atoms with Crippen LogP contribution < -0.4 is 14.8 Å². The molecule has 1 N–H and O–H groups in total. The van der Waals surface area contributed by atoms with E-state index in [0.29, 0.717) is 30.3 Å². The van der Waals surface area contributed by atoms with Crippen molar-refractivity contribution in [1.29, 1.82) is 0 Å². The van der Waals surface area contributed by atoms with Crippen LogP contribution >= 0.6 is 46.0 Å². The molecule has 1 aliphatic rings. The quantitative estimate of drug-likeness (QED) is 0.276. The van der Waals surface area contributed by atoms with Crippen molar-refractivity contribution >= 4 is 74.8 Å². The first-order valence-electron chi connectivity index (χ1n) is 10.3. The molecule has 180 valence electrons. The van der Waals surface area contributed by atoms with Gasteiger partial charge in [0.15, 0.2) is 11.5 Å². The van der Waals surface area contributed by atoms with Crippen molar-refractivity contribution in [1.82, 2.24) is 4.90 Å². The minimum Gasteiger partial charge on any atom is -0.490 e. The molecule has 1 heterocycles. The predicted molar refractivity (Wildman–Crippen MR) is 139 cm³/mol. The fourth-order valence-electron chi connectivity index (χ4n) is 2.98. The number of nitrogens with one attached hydrogen (secondary N) is 1. The maximum atomic E-state index is 13.3. The zero-order valence-corrected chi connectivity index (χ0v) is 22.1. The van der Waals surface area contributed by atoms with Gasteiger partial charge in [-0.2, -0.15) is 0 Å². The van der Waals surface area contributed by atoms with Gasteiger partial charge in [-0.15, -0.1) is 0 Å². The highest BCUT2D eigenvalue weighted by Gasteiger charge is 2.36. The van der Waals surface area contributed by atoms with Gasteiger partial charge in [0.2, 0.25) is 5.91 Å². The van der Waals surface area contributed by atoms with E-state index in [9.17, 15) is 18.8 Å². The summed E-state index contributed by atoms with van der Waals surface area (Å²) in [7, 11) is 0. The molecule has 1 aliphatic heterocycles. The van der Waals surface area contributed by atoms with E-state index < -0.39 is 29.4 Å². The highest BCUT2D eigenvalue weighted by Crippen LogP contribution is 2.37. The van der Waals surface area contributed by atoms with Gasteiger partial charge < -0.3 is 14.8 Å². The summed E-state index contributed by atoms with van der Waals surface area (Å²) in [4.78, 5) is 38.6. The Morgan fingerprint density at radius 2 is 2.00 bits per heavy atom. The lowest BCUT2D eigenvalue weighted by molar-refractivity contribution is -0.127. The molecular weight excluding hydrogens is 598 g/mol. The first-order chi connectivity index (χ1) is 16.2. The normalized spacial score (nSPS) is 14.6. The highest BCUT2D eigenvalue weighted by atomic mass is 127. The second-order valence-corrected chi connectivity index (χ2v) is 9.62. The van der Waals surface area contributed by atoms with Gasteiger partial charge >= 0.3 is 0 Å². The molecule has 11 heteroatoms. The fourth-order valence-corrected chi connectivity index (χ4v) is 4.78. The molecule has 34 heavy (non-hydrogen) atoms. The second-order valence-electron chi connectivity index (χ2n) is 7.06. The molecule has 0 atom stereocenters. The van der Waals surface area contributed by atoms with Crippen LogP contribution in [0.25, 0.3) is 6.08 Å². The minimum atomic E-state index is -0.622. The number of anilines is 1. The number of carbonyl (C=O) groups excluding carboxylic acids is 3. The molecule has 0 aliphatic carbocycles. The molecule has 2 aromatic rings. The highest BCUT2D eigenvalue weighted by molar-refractivity contribution is 14.1. The van der Waals surface area contributed by atoms with E-state index in [1.54, 1.807) is 12.1 Å². The molecule has 0 radical (unpaired) electrons. The van der Waals surface area contributed by atoms with E-state index in [0.717, 1.165) is 32.7 Å². The zero-order valence-electron chi connectivity index (χ0n) is 18.3. The van der Waals surface area contributed by atoms with Gasteiger partial charge in [-0.1, -0.05) is 18.5 Å². The number of imide groups is 1. The van der Waals surface area contributed by atoms with Crippen LogP contribution in [-0.4, -0.2) is 41.7 Å². The van der Waals surface area contributed by atoms with Crippen molar-refractivity contribution in [3.63, 3.8) is 0 Å². The Bertz CT molecular complexity index is 1160. The predicted octanol–water partition coefficient (Wildman–Crippen LogP) is 5.95. The average Bonchev–Trinajstić information content (AvgIpc) is 3.03. The third-order valence-electron chi connectivity index (χ3n) is 4.46. The van der Waals surface area contributed by atoms with Gasteiger partial charge in [-0.3, -0.25) is 19.3 Å². The molecule has 1 saturated heterocycles. The van der Waals surface area contributed by atoms with Gasteiger partial charge in [0.05, 0.1) is 26.7 Å². The van der Waals surface area contributed by atoms with Crippen molar-refractivity contribution in [3.8, 4) is 11.5 Å². The van der Waals surface area contributed by atoms with E-state index >= 15 is 0 Å². The number of nitrogens with zero attached hydrogens (tertiary/aromatic N) is 1. The molecular formula is C23H21ClFIN2O5S. The van der Waals surface area contributed by atoms with Gasteiger partial charge in [-0.05, 0) is 89.7 Å². The molecule has 0 bridgehead atoms. The van der Waals surface area contributed by atoms with Crippen molar-refractivity contribution < 1.29 is 28.2 Å². The number of rotatable bonds is 9. The molecule has 0 aromatic heterocycles. The Labute approximate surface area is 219 Å². The van der Waals surface area contributed by atoms with Gasteiger partial charge in [0.25, 0.3) is 11.1 Å². The number of thioether (sulfide) groups is 1. The number of carbonyl (C=O) groups is 3. The minimum absolute atomic E-state index is 0.154. The van der Waals surface area contributed by atoms with Gasteiger partial charge in [0, 0.05) is 5.69 Å². The third-order valence-corrected chi connectivity index (χ3v) is 6.46. The van der Waals surface area contributed by atoms with Crippen molar-refractivity contribution in [2.45, 2.75) is 20.3 Å². The SMILES string of the molecule is CCCOc1c(I)cc(/C=C2\SC(=O)N(CC(=O)Nc3ccc(F)c(Cl)c3)C2=O)cc1OCC. The van der Waals surface area contributed by atoms with Crippen LogP contribution in [0.3, 0.4) is 0 Å². The summed E-state index contributed by atoms with van der Waals surface area (Å²) in [6.45, 7) is 4.36. The lowest BCUT2D eigenvalue weighted by Crippen LogP contribution is -2.36. The summed E-state index contributed by atoms with van der Waals surface area (Å²) in [5.74, 6) is -0.640. The number of benzene rings is 2. The van der Waals surface area contributed by atoms with E-state index in [1.165, 1.54) is 12.1 Å². The summed E-state index contributed by atoms with van der Waals surface area (Å²) in [6.07, 6.45) is 2.43. The molecule has 3 amide bonds. The lowest BCUT2D eigenvalue weighted by atomic mass is 10.2. The van der Waals surface area contributed by atoms with E-state index in [2.05, 4.69) is 27.9 Å². The molecule has 1 fully saturated rings. The monoisotopic (exact) mass is 618 g/mol. The van der Waals surface area contributed by atoms with E-state index in [-0.39, 0.29) is 15.6 Å². The maximum absolute atomic E-state index is 13.3. The first-order valence-corrected chi connectivity index (χ1v) is 12.6. The third kappa shape index (κ3) is 6.42. The van der Waals surface area contributed by atoms with Crippen LogP contribution in [0.1, 0.15) is 25.8 Å². The van der Waals surface area contributed by atoms with E-state index in [1.807, 2.05) is 19.9 Å². The molecule has 0 unspecified atom stereocenters. The smallest absolute Gasteiger partial charge is 0.294 e. The van der Waals surface area contributed by atoms with Crippen LogP contribution in [-0.2, 0) is 9.59 Å². The molecule has 0 saturated carbocycles. The van der Waals surface area contributed by atoms with Crippen molar-refractivity contribution in [2.24, 2.45) is 0 Å². The molecule has 7 nitrogen and oxygen atoms in total. The standard InChI is InChI=1S/C23H21ClFIN2O5S/c1-3-7-33-21-17(26)8-13(9-18(21)32-4-2)10-19-22(30)28(23(31)34-19)12-20(29)27-14-5-6-16(25)15(24)11-14/h5-6,8-11H,3-4,7,12H2,1-2H3,(H,27,29)/b19-10-. The largest absolute Gasteiger partial charge is 0.490 e. The summed E-state index contributed by atoms with van der Waals surface area (Å²) in [5, 5.41) is 1.78. The summed E-state index contributed by atoms with van der Waals surface area (Å²) in [5.41, 5.74) is 0.912. The van der Waals surface area contributed by atoms with Gasteiger partial charge in [-0.25, -0.2) is 4.39 Å². The van der Waals surface area contributed by atoms with E-state index in [4.69, 9.17) is 21.1 Å². The molecule has 0 spiro atoms. The molecule has 3 rings (SSSR count). The number of amides is 3. The second kappa shape index (κ2) is 11.9. The fraction of sp³-hybridized carbons (Fsp3) is 0.261. The Hall–Kier alpha value is -2.31. The number of ether oxygens (including phenoxy) is 2. The summed E-state index contributed by atoms with van der Waals surface area (Å²) >= 11 is 8.59. The lowest BCUT2D eigenvalue weighted by Gasteiger charge is -2.14. The van der Waals surface area contributed by atoms with Crippen LogP contribution in [0, 0.1) is 9.39 Å².